The van der Waals surface area contributed by atoms with Gasteiger partial charge in [-0.1, -0.05) is 12.1 Å². The van der Waals surface area contributed by atoms with E-state index in [1.54, 1.807) is 24.8 Å². The summed E-state index contributed by atoms with van der Waals surface area (Å²) < 4.78 is 18.1. The van der Waals surface area contributed by atoms with Gasteiger partial charge in [0.1, 0.15) is 11.4 Å². The maximum absolute atomic E-state index is 13.1. The summed E-state index contributed by atoms with van der Waals surface area (Å²) in [5.74, 6) is 0.521. The zero-order valence-corrected chi connectivity index (χ0v) is 25.7. The molecular weight excluding hydrogens is 534 g/mol. The second-order valence-electron chi connectivity index (χ2n) is 12.7. The maximum Gasteiger partial charge on any atom is 0.419 e. The highest BCUT2D eigenvalue weighted by molar-refractivity contribution is 5.95. The minimum Gasteiger partial charge on any atom is -0.496 e. The van der Waals surface area contributed by atoms with Crippen molar-refractivity contribution in [2.45, 2.75) is 65.6 Å². The second kappa shape index (κ2) is 11.1. The summed E-state index contributed by atoms with van der Waals surface area (Å²) in [7, 11) is 3.06. The molecule has 3 aromatic rings. The van der Waals surface area contributed by atoms with Gasteiger partial charge in [-0.15, -0.1) is 0 Å². The predicted octanol–water partition coefficient (Wildman–Crippen LogP) is 5.71. The number of nitrogens with zero attached hydrogens (tertiary/aromatic N) is 3. The van der Waals surface area contributed by atoms with Gasteiger partial charge >= 0.3 is 12.1 Å². The van der Waals surface area contributed by atoms with Crippen LogP contribution in [0.2, 0.25) is 0 Å². The molecule has 224 valence electrons. The zero-order valence-electron chi connectivity index (χ0n) is 25.7. The first-order valence-electron chi connectivity index (χ1n) is 14.4. The third-order valence-electron chi connectivity index (χ3n) is 8.61. The summed E-state index contributed by atoms with van der Waals surface area (Å²) in [4.78, 5) is 41.6. The normalized spacial score (nSPS) is 18.5. The lowest BCUT2D eigenvalue weighted by Gasteiger charge is -2.56. The lowest BCUT2D eigenvalue weighted by Crippen LogP contribution is -2.61. The van der Waals surface area contributed by atoms with Crippen molar-refractivity contribution in [2.75, 3.05) is 33.9 Å². The van der Waals surface area contributed by atoms with E-state index < -0.39 is 11.7 Å². The number of rotatable bonds is 5. The van der Waals surface area contributed by atoms with E-state index in [1.807, 2.05) is 69.0 Å². The second-order valence-corrected chi connectivity index (χ2v) is 12.7. The van der Waals surface area contributed by atoms with Crippen LogP contribution in [0.1, 0.15) is 73.6 Å². The summed E-state index contributed by atoms with van der Waals surface area (Å²) in [6.07, 6.45) is 3.22. The van der Waals surface area contributed by atoms with Crippen molar-refractivity contribution in [1.82, 2.24) is 14.4 Å². The molecule has 3 heterocycles. The summed E-state index contributed by atoms with van der Waals surface area (Å²) >= 11 is 0. The van der Waals surface area contributed by atoms with E-state index in [0.29, 0.717) is 12.1 Å². The Kier molecular flexibility index (Phi) is 7.83. The van der Waals surface area contributed by atoms with Gasteiger partial charge in [-0.05, 0) is 82.5 Å². The maximum atomic E-state index is 13.1. The molecule has 1 spiro atoms. The van der Waals surface area contributed by atoms with Gasteiger partial charge in [0.25, 0.3) is 0 Å². The zero-order chi connectivity index (χ0) is 30.4. The molecule has 2 aliphatic heterocycles. The van der Waals surface area contributed by atoms with E-state index in [2.05, 4.69) is 4.90 Å². The number of aromatic nitrogens is 1. The Morgan fingerprint density at radius 2 is 1.74 bits per heavy atom. The number of esters is 1. The van der Waals surface area contributed by atoms with Crippen LogP contribution in [0.4, 0.5) is 4.79 Å². The first kappa shape index (κ1) is 29.6. The van der Waals surface area contributed by atoms with Crippen molar-refractivity contribution in [3.63, 3.8) is 0 Å². The van der Waals surface area contributed by atoms with Gasteiger partial charge < -0.3 is 19.1 Å². The summed E-state index contributed by atoms with van der Waals surface area (Å²) in [6, 6.07) is 11.7. The molecule has 0 radical (unpaired) electrons. The molecule has 1 unspecified atom stereocenters. The van der Waals surface area contributed by atoms with Crippen LogP contribution in [0.15, 0.2) is 42.6 Å². The number of fused-ring (bicyclic) bond motifs is 1. The average Bonchev–Trinajstić information content (AvgIpc) is 3.38. The number of aryl methyl sites for hydroxylation is 1. The molecule has 2 aromatic carbocycles. The molecular formula is C33H41N3O6. The molecule has 2 saturated heterocycles. The number of hydrogen-bond donors (Lipinski definition) is 0. The molecule has 5 rings (SSSR count). The van der Waals surface area contributed by atoms with E-state index in [-0.39, 0.29) is 23.3 Å². The van der Waals surface area contributed by atoms with Crippen molar-refractivity contribution in [3.05, 3.63) is 64.8 Å². The topological polar surface area (TPSA) is 90.3 Å². The Morgan fingerprint density at radius 3 is 2.33 bits per heavy atom. The van der Waals surface area contributed by atoms with Crippen molar-refractivity contribution >= 4 is 28.9 Å². The third-order valence-corrected chi connectivity index (χ3v) is 8.61. The number of benzene rings is 2. The van der Waals surface area contributed by atoms with Gasteiger partial charge in [0.15, 0.2) is 0 Å². The molecule has 9 nitrogen and oxygen atoms in total. The van der Waals surface area contributed by atoms with Crippen LogP contribution < -0.4 is 4.74 Å². The molecule has 1 aromatic heterocycles. The Balaban J connectivity index is 1.51. The summed E-state index contributed by atoms with van der Waals surface area (Å²) in [6.45, 7) is 12.2. The summed E-state index contributed by atoms with van der Waals surface area (Å²) in [5.41, 5.74) is 3.81. The van der Waals surface area contributed by atoms with Crippen molar-refractivity contribution in [1.29, 1.82) is 0 Å². The van der Waals surface area contributed by atoms with Gasteiger partial charge in [0.2, 0.25) is 5.91 Å². The number of hydrogen-bond acceptors (Lipinski definition) is 7. The molecule has 42 heavy (non-hydrogen) atoms. The number of piperidine rings is 1. The Morgan fingerprint density at radius 1 is 1.05 bits per heavy atom. The molecule has 0 bridgehead atoms. The first-order valence-corrected chi connectivity index (χ1v) is 14.4. The first-order chi connectivity index (χ1) is 19.8. The summed E-state index contributed by atoms with van der Waals surface area (Å²) in [5, 5.41) is 0.948. The van der Waals surface area contributed by atoms with Crippen molar-refractivity contribution in [2.24, 2.45) is 5.41 Å². The van der Waals surface area contributed by atoms with E-state index in [1.165, 1.54) is 7.11 Å². The van der Waals surface area contributed by atoms with Gasteiger partial charge in [-0.25, -0.2) is 9.59 Å². The lowest BCUT2D eigenvalue weighted by molar-refractivity contribution is -0.146. The van der Waals surface area contributed by atoms with Gasteiger partial charge in [0.05, 0.1) is 25.3 Å². The van der Waals surface area contributed by atoms with Crippen LogP contribution in [0.25, 0.3) is 10.9 Å². The third kappa shape index (κ3) is 5.62. The van der Waals surface area contributed by atoms with Crippen LogP contribution in [-0.2, 0) is 20.8 Å². The highest BCUT2D eigenvalue weighted by atomic mass is 16.6. The van der Waals surface area contributed by atoms with Crippen molar-refractivity contribution < 1.29 is 28.6 Å². The molecule has 2 aliphatic rings. The van der Waals surface area contributed by atoms with E-state index >= 15 is 0 Å². The van der Waals surface area contributed by atoms with Crippen molar-refractivity contribution in [3.8, 4) is 5.75 Å². The highest BCUT2D eigenvalue weighted by Crippen LogP contribution is 2.48. The lowest BCUT2D eigenvalue weighted by atomic mass is 9.68. The molecule has 9 heteroatoms. The molecule has 1 amide bonds. The number of ether oxygens (including phenoxy) is 3. The standard InChI is InChI=1S/C33H41N3O6/c1-21-16-28(40-6)26(25-12-14-36(29(21)25)31(39)42-32(3,4)5)18-34-15-13-33(19-35(20-33)22(2)37)17-27(34)23-8-10-24(11-9-23)30(38)41-7/h8-12,14,16,27H,13,15,17-20H2,1-7H3. The van der Waals surface area contributed by atoms with Gasteiger partial charge in [-0.3, -0.25) is 14.3 Å². The van der Waals surface area contributed by atoms with Gasteiger partial charge in [0, 0.05) is 55.2 Å². The predicted molar refractivity (Wildman–Crippen MR) is 160 cm³/mol. The van der Waals surface area contributed by atoms with Crippen LogP contribution >= 0.6 is 0 Å². The number of likely N-dealkylation sites (tertiary alicyclic amines) is 2. The number of methoxy groups -OCH3 is 2. The fourth-order valence-electron chi connectivity index (χ4n) is 6.50. The molecule has 1 atom stereocenters. The minimum absolute atomic E-state index is 0.0635. The molecule has 0 saturated carbocycles. The van der Waals surface area contributed by atoms with Crippen LogP contribution in [0.5, 0.6) is 5.75 Å². The SMILES string of the molecule is COC(=O)c1ccc(C2CC3(CCN2Cc2c(OC)cc(C)c4c2ccn4C(=O)OC(C)(C)C)CN(C(C)=O)C3)cc1. The Bertz CT molecular complexity index is 1510. The van der Waals surface area contributed by atoms with Crippen LogP contribution in [0.3, 0.4) is 0 Å². The average molecular weight is 576 g/mol. The van der Waals surface area contributed by atoms with E-state index in [4.69, 9.17) is 14.2 Å². The van der Waals surface area contributed by atoms with E-state index in [9.17, 15) is 14.4 Å². The minimum atomic E-state index is -0.614. The molecule has 0 N–H and O–H groups in total. The van der Waals surface area contributed by atoms with Crippen LogP contribution in [0, 0.1) is 12.3 Å². The Hall–Kier alpha value is -3.85. The van der Waals surface area contributed by atoms with E-state index in [0.717, 1.165) is 65.8 Å². The fourth-order valence-corrected chi connectivity index (χ4v) is 6.50. The number of amides is 1. The fraction of sp³-hybridized carbons (Fsp3) is 0.485. The largest absolute Gasteiger partial charge is 0.496 e. The quantitative estimate of drug-likeness (QED) is 0.360. The van der Waals surface area contributed by atoms with Gasteiger partial charge in [-0.2, -0.15) is 0 Å². The Labute approximate surface area is 247 Å². The monoisotopic (exact) mass is 575 g/mol. The molecule has 2 fully saturated rings. The number of carbonyl (C=O) groups is 3. The highest BCUT2D eigenvalue weighted by Gasteiger charge is 2.49. The molecule has 0 aliphatic carbocycles. The van der Waals surface area contributed by atoms with Crippen LogP contribution in [-0.4, -0.2) is 71.8 Å². The smallest absolute Gasteiger partial charge is 0.419 e. The number of carbonyl (C=O) groups excluding carboxylic acids is 3.